The van der Waals surface area contributed by atoms with E-state index in [1.807, 2.05) is 31.2 Å². The Morgan fingerprint density at radius 1 is 1.33 bits per heavy atom. The fraction of sp³-hybridized carbons (Fsp3) is 0.400. The van der Waals surface area contributed by atoms with Crippen LogP contribution in [0.3, 0.4) is 0 Å². The third kappa shape index (κ3) is 4.24. The van der Waals surface area contributed by atoms with Crippen molar-refractivity contribution in [3.63, 3.8) is 0 Å². The number of halogens is 1. The van der Waals surface area contributed by atoms with E-state index in [9.17, 15) is 14.7 Å². The number of aromatic nitrogens is 4. The topological polar surface area (TPSA) is 102 Å². The zero-order valence-corrected chi connectivity index (χ0v) is 18.1. The number of hydrogen-bond acceptors (Lipinski definition) is 6. The molecule has 1 aromatic carbocycles. The van der Waals surface area contributed by atoms with Gasteiger partial charge in [0.05, 0.1) is 18.3 Å². The number of likely N-dealkylation sites (tertiary alicyclic amines) is 1. The number of imidazole rings is 1. The highest BCUT2D eigenvalue weighted by Gasteiger charge is 2.35. The van der Waals surface area contributed by atoms with Crippen molar-refractivity contribution in [2.75, 3.05) is 13.1 Å². The summed E-state index contributed by atoms with van der Waals surface area (Å²) in [6, 6.07) is 7.80. The number of carbonyl (C=O) groups excluding carboxylic acids is 1. The summed E-state index contributed by atoms with van der Waals surface area (Å²) in [5.74, 6) is 0. The lowest BCUT2D eigenvalue weighted by Gasteiger charge is -2.37. The SMILES string of the molecule is Cc1cccc(COC(=O)N2CCC(O)(Cn3cnn4c(Br)cnc4c3=O)CC2)c1. The molecule has 9 nitrogen and oxygen atoms in total. The van der Waals surface area contributed by atoms with E-state index >= 15 is 0 Å². The molecule has 0 spiro atoms. The van der Waals surface area contributed by atoms with Crippen LogP contribution >= 0.6 is 15.9 Å². The zero-order valence-electron chi connectivity index (χ0n) is 16.5. The van der Waals surface area contributed by atoms with Crippen molar-refractivity contribution in [1.29, 1.82) is 0 Å². The third-order valence-corrected chi connectivity index (χ3v) is 5.86. The van der Waals surface area contributed by atoms with Crippen LogP contribution in [0.4, 0.5) is 4.79 Å². The van der Waals surface area contributed by atoms with Crippen molar-refractivity contribution < 1.29 is 14.6 Å². The second-order valence-electron chi connectivity index (χ2n) is 7.64. The maximum Gasteiger partial charge on any atom is 0.410 e. The Kier molecular flexibility index (Phi) is 5.61. The third-order valence-electron chi connectivity index (χ3n) is 5.32. The van der Waals surface area contributed by atoms with E-state index in [0.717, 1.165) is 11.1 Å². The van der Waals surface area contributed by atoms with Crippen LogP contribution in [0.25, 0.3) is 5.65 Å². The van der Waals surface area contributed by atoms with Crippen LogP contribution in [0.2, 0.25) is 0 Å². The van der Waals surface area contributed by atoms with Crippen molar-refractivity contribution in [1.82, 2.24) is 24.1 Å². The first-order valence-electron chi connectivity index (χ1n) is 9.63. The van der Waals surface area contributed by atoms with Crippen molar-refractivity contribution in [2.24, 2.45) is 0 Å². The van der Waals surface area contributed by atoms with Crippen molar-refractivity contribution in [2.45, 2.75) is 38.5 Å². The molecule has 0 saturated carbocycles. The average Bonchev–Trinajstić information content (AvgIpc) is 3.10. The summed E-state index contributed by atoms with van der Waals surface area (Å²) in [5, 5.41) is 15.1. The molecule has 1 aliphatic rings. The number of rotatable bonds is 4. The molecule has 1 amide bonds. The van der Waals surface area contributed by atoms with Gasteiger partial charge in [0, 0.05) is 13.1 Å². The summed E-state index contributed by atoms with van der Waals surface area (Å²) in [6.45, 7) is 2.99. The van der Waals surface area contributed by atoms with Crippen LogP contribution in [0.15, 0.2) is 46.2 Å². The van der Waals surface area contributed by atoms with Crippen LogP contribution in [-0.2, 0) is 17.9 Å². The van der Waals surface area contributed by atoms with Gasteiger partial charge in [0.1, 0.15) is 17.5 Å². The number of aliphatic hydroxyl groups is 1. The monoisotopic (exact) mass is 475 g/mol. The first-order valence-corrected chi connectivity index (χ1v) is 10.4. The second-order valence-corrected chi connectivity index (χ2v) is 8.45. The lowest BCUT2D eigenvalue weighted by molar-refractivity contribution is -0.0339. The summed E-state index contributed by atoms with van der Waals surface area (Å²) in [6.07, 6.45) is 3.16. The Bertz CT molecular complexity index is 1130. The number of hydrogen-bond donors (Lipinski definition) is 1. The van der Waals surface area contributed by atoms with Crippen molar-refractivity contribution in [3.05, 3.63) is 62.9 Å². The van der Waals surface area contributed by atoms with Gasteiger partial charge in [-0.3, -0.25) is 9.36 Å². The predicted molar refractivity (Wildman–Crippen MR) is 112 cm³/mol. The standard InChI is InChI=1S/C20H22BrN5O4/c1-14-3-2-4-15(9-14)11-30-19(28)24-7-5-20(29,6-8-24)12-25-13-23-26-16(21)10-22-17(26)18(25)27/h2-4,9-10,13,29H,5-8,11-12H2,1H3. The van der Waals surface area contributed by atoms with Crippen LogP contribution in [-0.4, -0.2) is 54.0 Å². The van der Waals surface area contributed by atoms with Gasteiger partial charge >= 0.3 is 6.09 Å². The number of ether oxygens (including phenoxy) is 1. The summed E-state index contributed by atoms with van der Waals surface area (Å²) < 4.78 is 8.74. The van der Waals surface area contributed by atoms with E-state index < -0.39 is 11.7 Å². The van der Waals surface area contributed by atoms with E-state index in [4.69, 9.17) is 4.74 Å². The number of piperidine rings is 1. The summed E-state index contributed by atoms with van der Waals surface area (Å²) >= 11 is 3.28. The van der Waals surface area contributed by atoms with Gasteiger partial charge in [0.15, 0.2) is 0 Å². The molecule has 0 bridgehead atoms. The maximum absolute atomic E-state index is 12.6. The molecule has 158 valence electrons. The van der Waals surface area contributed by atoms with Crippen LogP contribution in [0.5, 0.6) is 0 Å². The highest BCUT2D eigenvalue weighted by Crippen LogP contribution is 2.24. The van der Waals surface area contributed by atoms with Gasteiger partial charge in [0.2, 0.25) is 5.65 Å². The molecule has 3 aromatic rings. The van der Waals surface area contributed by atoms with Crippen LogP contribution in [0.1, 0.15) is 24.0 Å². The highest BCUT2D eigenvalue weighted by molar-refractivity contribution is 9.10. The molecule has 2 aromatic heterocycles. The quantitative estimate of drug-likeness (QED) is 0.619. The zero-order chi connectivity index (χ0) is 21.3. The van der Waals surface area contributed by atoms with Gasteiger partial charge in [-0.25, -0.2) is 14.3 Å². The Balaban J connectivity index is 1.35. The van der Waals surface area contributed by atoms with Crippen molar-refractivity contribution >= 4 is 27.7 Å². The number of aryl methyl sites for hydroxylation is 1. The molecule has 0 unspecified atom stereocenters. The lowest BCUT2D eigenvalue weighted by Crippen LogP contribution is -2.49. The van der Waals surface area contributed by atoms with Gasteiger partial charge in [0.25, 0.3) is 5.56 Å². The molecule has 10 heteroatoms. The predicted octanol–water partition coefficient (Wildman–Crippen LogP) is 2.13. The Hall–Kier alpha value is -2.72. The highest BCUT2D eigenvalue weighted by atomic mass is 79.9. The first-order chi connectivity index (χ1) is 14.3. The Labute approximate surface area is 181 Å². The van der Waals surface area contributed by atoms with Crippen LogP contribution in [0, 0.1) is 6.92 Å². The lowest BCUT2D eigenvalue weighted by atomic mass is 9.91. The molecular formula is C20H22BrN5O4. The summed E-state index contributed by atoms with van der Waals surface area (Å²) in [7, 11) is 0. The number of benzene rings is 1. The maximum atomic E-state index is 12.6. The Morgan fingerprint density at radius 3 is 2.83 bits per heavy atom. The average molecular weight is 476 g/mol. The van der Waals surface area contributed by atoms with Gasteiger partial charge in [-0.2, -0.15) is 5.10 Å². The van der Waals surface area contributed by atoms with E-state index in [0.29, 0.717) is 30.5 Å². The largest absolute Gasteiger partial charge is 0.445 e. The van der Waals surface area contributed by atoms with Gasteiger partial charge in [-0.15, -0.1) is 0 Å². The van der Waals surface area contributed by atoms with Crippen molar-refractivity contribution in [3.8, 4) is 0 Å². The molecule has 3 heterocycles. The molecular weight excluding hydrogens is 454 g/mol. The number of fused-ring (bicyclic) bond motifs is 1. The minimum Gasteiger partial charge on any atom is -0.445 e. The normalized spacial score (nSPS) is 16.0. The molecule has 1 saturated heterocycles. The molecule has 4 rings (SSSR count). The Morgan fingerprint density at radius 2 is 2.10 bits per heavy atom. The molecule has 1 N–H and O–H groups in total. The molecule has 1 aliphatic heterocycles. The smallest absolute Gasteiger partial charge is 0.410 e. The molecule has 1 fully saturated rings. The number of nitrogens with zero attached hydrogens (tertiary/aromatic N) is 5. The van der Waals surface area contributed by atoms with E-state index in [-0.39, 0.29) is 24.4 Å². The minimum absolute atomic E-state index is 0.0893. The van der Waals surface area contributed by atoms with E-state index in [1.165, 1.54) is 21.6 Å². The molecule has 0 atom stereocenters. The molecule has 0 aliphatic carbocycles. The fourth-order valence-electron chi connectivity index (χ4n) is 3.61. The first kappa shape index (κ1) is 20.5. The van der Waals surface area contributed by atoms with E-state index in [1.54, 1.807) is 4.90 Å². The van der Waals surface area contributed by atoms with Crippen LogP contribution < -0.4 is 5.56 Å². The number of amides is 1. The molecule has 30 heavy (non-hydrogen) atoms. The van der Waals surface area contributed by atoms with Gasteiger partial charge in [-0.05, 0) is 41.3 Å². The second kappa shape index (κ2) is 8.19. The van der Waals surface area contributed by atoms with E-state index in [2.05, 4.69) is 26.0 Å². The summed E-state index contributed by atoms with van der Waals surface area (Å²) in [5.41, 5.74) is 0.789. The minimum atomic E-state index is -1.11. The number of carbonyl (C=O) groups is 1. The fourth-order valence-corrected chi connectivity index (χ4v) is 3.97. The van der Waals surface area contributed by atoms with Gasteiger partial charge < -0.3 is 14.7 Å². The molecule has 0 radical (unpaired) electrons. The van der Waals surface area contributed by atoms with Gasteiger partial charge in [-0.1, -0.05) is 29.8 Å². The summed E-state index contributed by atoms with van der Waals surface area (Å²) in [4.78, 5) is 30.6.